The summed E-state index contributed by atoms with van der Waals surface area (Å²) in [5.74, 6) is -0.223. The molecule has 0 atom stereocenters. The van der Waals surface area contributed by atoms with Crippen LogP contribution in [0.4, 0.5) is 4.39 Å². The van der Waals surface area contributed by atoms with Gasteiger partial charge in [-0.3, -0.25) is 4.90 Å². The van der Waals surface area contributed by atoms with Gasteiger partial charge >= 0.3 is 0 Å². The Morgan fingerprint density at radius 2 is 1.75 bits per heavy atom. The lowest BCUT2D eigenvalue weighted by atomic mass is 10.1. The molecular weight excluding hydrogens is 319 g/mol. The molecule has 2 nitrogen and oxygen atoms in total. The van der Waals surface area contributed by atoms with Gasteiger partial charge in [-0.25, -0.2) is 4.39 Å². The first-order valence-corrected chi connectivity index (χ1v) is 7.27. The van der Waals surface area contributed by atoms with E-state index in [9.17, 15) is 4.39 Å². The minimum absolute atomic E-state index is 0.223. The SMILES string of the molecule is CN(Cc1cccc(Br)c1)Cc1cc(F)cc(CN)c1. The maximum atomic E-state index is 13.5. The van der Waals surface area contributed by atoms with Crippen LogP contribution in [0.3, 0.4) is 0 Å². The van der Waals surface area contributed by atoms with Gasteiger partial charge in [0.05, 0.1) is 0 Å². The zero-order valence-electron chi connectivity index (χ0n) is 11.4. The predicted octanol–water partition coefficient (Wildman–Crippen LogP) is 3.68. The van der Waals surface area contributed by atoms with Crippen LogP contribution in [0.5, 0.6) is 0 Å². The van der Waals surface area contributed by atoms with E-state index in [2.05, 4.69) is 33.0 Å². The van der Waals surface area contributed by atoms with Gasteiger partial charge in [0.1, 0.15) is 5.82 Å². The van der Waals surface area contributed by atoms with Gasteiger partial charge in [-0.1, -0.05) is 34.1 Å². The van der Waals surface area contributed by atoms with Crippen LogP contribution in [0.15, 0.2) is 46.9 Å². The first-order chi connectivity index (χ1) is 9.56. The quantitative estimate of drug-likeness (QED) is 0.902. The lowest BCUT2D eigenvalue weighted by molar-refractivity contribution is 0.318. The van der Waals surface area contributed by atoms with Crippen LogP contribution in [0.1, 0.15) is 16.7 Å². The fourth-order valence-electron chi connectivity index (χ4n) is 2.24. The molecule has 2 aromatic carbocycles. The minimum atomic E-state index is -0.223. The van der Waals surface area contributed by atoms with Crippen LogP contribution >= 0.6 is 15.9 Å². The molecular formula is C16H18BrFN2. The molecule has 0 aromatic heterocycles. The number of nitrogens with zero attached hydrogens (tertiary/aromatic N) is 1. The molecule has 0 aliphatic heterocycles. The van der Waals surface area contributed by atoms with Crippen LogP contribution in [0.25, 0.3) is 0 Å². The monoisotopic (exact) mass is 336 g/mol. The summed E-state index contributed by atoms with van der Waals surface area (Å²) >= 11 is 3.47. The summed E-state index contributed by atoms with van der Waals surface area (Å²) in [7, 11) is 2.02. The summed E-state index contributed by atoms with van der Waals surface area (Å²) in [5.41, 5.74) is 8.57. The Morgan fingerprint density at radius 1 is 1.05 bits per heavy atom. The average molecular weight is 337 g/mol. The third kappa shape index (κ3) is 4.40. The molecule has 0 amide bonds. The number of nitrogens with two attached hydrogens (primary N) is 1. The van der Waals surface area contributed by atoms with Gasteiger partial charge in [0.2, 0.25) is 0 Å². The number of benzene rings is 2. The molecule has 0 saturated heterocycles. The summed E-state index contributed by atoms with van der Waals surface area (Å²) in [5, 5.41) is 0. The van der Waals surface area contributed by atoms with Crippen molar-refractivity contribution in [3.8, 4) is 0 Å². The molecule has 0 saturated carbocycles. The third-order valence-corrected chi connectivity index (χ3v) is 3.54. The molecule has 0 aliphatic carbocycles. The van der Waals surface area contributed by atoms with E-state index in [-0.39, 0.29) is 5.82 Å². The highest BCUT2D eigenvalue weighted by molar-refractivity contribution is 9.10. The van der Waals surface area contributed by atoms with Crippen molar-refractivity contribution in [2.75, 3.05) is 7.05 Å². The van der Waals surface area contributed by atoms with Crippen molar-refractivity contribution in [2.24, 2.45) is 5.73 Å². The number of hydrogen-bond acceptors (Lipinski definition) is 2. The highest BCUT2D eigenvalue weighted by atomic mass is 79.9. The molecule has 0 unspecified atom stereocenters. The molecule has 2 rings (SSSR count). The Bertz CT molecular complexity index is 586. The summed E-state index contributed by atoms with van der Waals surface area (Å²) in [6, 6.07) is 13.2. The summed E-state index contributed by atoms with van der Waals surface area (Å²) < 4.78 is 14.5. The van der Waals surface area contributed by atoms with E-state index in [4.69, 9.17) is 5.73 Å². The summed E-state index contributed by atoms with van der Waals surface area (Å²) in [6.07, 6.45) is 0. The maximum absolute atomic E-state index is 13.5. The zero-order valence-corrected chi connectivity index (χ0v) is 13.0. The summed E-state index contributed by atoms with van der Waals surface area (Å²) in [6.45, 7) is 1.87. The van der Waals surface area contributed by atoms with E-state index >= 15 is 0 Å². The normalized spacial score (nSPS) is 11.1. The largest absolute Gasteiger partial charge is 0.326 e. The number of hydrogen-bond donors (Lipinski definition) is 1. The molecule has 0 radical (unpaired) electrons. The Hall–Kier alpha value is -1.23. The lowest BCUT2D eigenvalue weighted by Crippen LogP contribution is -2.17. The van der Waals surface area contributed by atoms with E-state index < -0.39 is 0 Å². The maximum Gasteiger partial charge on any atom is 0.123 e. The van der Waals surface area contributed by atoms with Gasteiger partial charge in [0.15, 0.2) is 0 Å². The van der Waals surface area contributed by atoms with Crippen molar-refractivity contribution >= 4 is 15.9 Å². The van der Waals surface area contributed by atoms with E-state index in [0.717, 1.165) is 22.1 Å². The Kier molecular flexibility index (Phi) is 5.29. The fourth-order valence-corrected chi connectivity index (χ4v) is 2.69. The first-order valence-electron chi connectivity index (χ1n) is 6.48. The van der Waals surface area contributed by atoms with Crippen molar-refractivity contribution < 1.29 is 4.39 Å². The number of rotatable bonds is 5. The second-order valence-electron chi connectivity index (χ2n) is 4.97. The molecule has 0 heterocycles. The average Bonchev–Trinajstić information content (AvgIpc) is 2.37. The van der Waals surface area contributed by atoms with Crippen LogP contribution in [0, 0.1) is 5.82 Å². The Labute approximate surface area is 127 Å². The van der Waals surface area contributed by atoms with Gasteiger partial charge < -0.3 is 5.73 Å². The first kappa shape index (κ1) is 15.2. The van der Waals surface area contributed by atoms with Crippen molar-refractivity contribution in [1.82, 2.24) is 4.90 Å². The molecule has 2 N–H and O–H groups in total. The van der Waals surface area contributed by atoms with Crippen LogP contribution in [-0.2, 0) is 19.6 Å². The van der Waals surface area contributed by atoms with Crippen molar-refractivity contribution in [3.63, 3.8) is 0 Å². The standard InChI is InChI=1S/C16H18BrFN2/c1-20(10-12-3-2-4-15(17)6-12)11-14-5-13(9-19)7-16(18)8-14/h2-8H,9-11,19H2,1H3. The number of halogens is 2. The predicted molar refractivity (Wildman–Crippen MR) is 83.6 cm³/mol. The molecule has 106 valence electrons. The molecule has 2 aromatic rings. The van der Waals surface area contributed by atoms with Crippen LogP contribution < -0.4 is 5.73 Å². The van der Waals surface area contributed by atoms with Crippen LogP contribution in [-0.4, -0.2) is 11.9 Å². The molecule has 4 heteroatoms. The zero-order chi connectivity index (χ0) is 14.5. The van der Waals surface area contributed by atoms with E-state index in [1.54, 1.807) is 6.07 Å². The topological polar surface area (TPSA) is 29.3 Å². The minimum Gasteiger partial charge on any atom is -0.326 e. The van der Waals surface area contributed by atoms with Gasteiger partial charge in [0.25, 0.3) is 0 Å². The lowest BCUT2D eigenvalue weighted by Gasteiger charge is -2.17. The second-order valence-corrected chi connectivity index (χ2v) is 5.89. The van der Waals surface area contributed by atoms with E-state index in [1.165, 1.54) is 11.6 Å². The van der Waals surface area contributed by atoms with Gasteiger partial charge in [-0.2, -0.15) is 0 Å². The van der Waals surface area contributed by atoms with Crippen LogP contribution in [0.2, 0.25) is 0 Å². The molecule has 20 heavy (non-hydrogen) atoms. The summed E-state index contributed by atoms with van der Waals surface area (Å²) in [4.78, 5) is 2.15. The van der Waals surface area contributed by atoms with Crippen molar-refractivity contribution in [1.29, 1.82) is 0 Å². The highest BCUT2D eigenvalue weighted by Gasteiger charge is 2.05. The smallest absolute Gasteiger partial charge is 0.123 e. The van der Waals surface area contributed by atoms with Gasteiger partial charge in [0, 0.05) is 24.1 Å². The highest BCUT2D eigenvalue weighted by Crippen LogP contribution is 2.15. The fraction of sp³-hybridized carbons (Fsp3) is 0.250. The van der Waals surface area contributed by atoms with E-state index in [1.807, 2.05) is 25.2 Å². The molecule has 0 spiro atoms. The molecule has 0 fully saturated rings. The molecule has 0 bridgehead atoms. The second kappa shape index (κ2) is 6.97. The molecule has 0 aliphatic rings. The Balaban J connectivity index is 2.04. The van der Waals surface area contributed by atoms with Gasteiger partial charge in [-0.05, 0) is 48.0 Å². The Morgan fingerprint density at radius 3 is 2.45 bits per heavy atom. The van der Waals surface area contributed by atoms with Crippen molar-refractivity contribution in [2.45, 2.75) is 19.6 Å². The van der Waals surface area contributed by atoms with E-state index in [0.29, 0.717) is 13.1 Å². The third-order valence-electron chi connectivity index (χ3n) is 3.05. The van der Waals surface area contributed by atoms with Gasteiger partial charge in [-0.15, -0.1) is 0 Å². The van der Waals surface area contributed by atoms with Crippen molar-refractivity contribution in [3.05, 3.63) is 69.4 Å².